The van der Waals surface area contributed by atoms with Gasteiger partial charge in [-0.3, -0.25) is 0 Å². The van der Waals surface area contributed by atoms with Crippen molar-refractivity contribution in [1.82, 2.24) is 0 Å². The smallest absolute Gasteiger partial charge is 0.175 e. The minimum atomic E-state index is -0.581. The van der Waals surface area contributed by atoms with E-state index in [1.807, 2.05) is 42.5 Å². The van der Waals surface area contributed by atoms with Gasteiger partial charge in [-0.25, -0.2) is 8.78 Å². The molecule has 3 nitrogen and oxygen atoms in total. The Labute approximate surface area is 204 Å². The predicted molar refractivity (Wildman–Crippen MR) is 129 cm³/mol. The number of allylic oxidation sites excluding steroid dienone is 2. The van der Waals surface area contributed by atoms with Crippen LogP contribution in [0.5, 0.6) is 11.5 Å². The lowest BCUT2D eigenvalue weighted by molar-refractivity contribution is 0.282. The number of hydrogen-bond donors (Lipinski definition) is 1. The minimum absolute atomic E-state index is 0.0537. The van der Waals surface area contributed by atoms with Crippen molar-refractivity contribution < 1.29 is 18.3 Å². The number of halogens is 4. The zero-order chi connectivity index (χ0) is 23.1. The number of rotatable bonds is 5. The SMILES string of the molecule is COc1cc(C2Nc3c(F)cc(F)cc3C3C=CCC32)cc(Br)c1OCc1ccc(Cl)cc1. The maximum Gasteiger partial charge on any atom is 0.175 e. The summed E-state index contributed by atoms with van der Waals surface area (Å²) in [6.45, 7) is 0.353. The fraction of sp³-hybridized carbons (Fsp3) is 0.231. The monoisotopic (exact) mass is 531 g/mol. The molecule has 0 amide bonds. The fourth-order valence-corrected chi connectivity index (χ4v) is 5.45. The molecule has 3 unspecified atom stereocenters. The van der Waals surface area contributed by atoms with E-state index in [9.17, 15) is 8.78 Å². The van der Waals surface area contributed by atoms with Crippen molar-refractivity contribution in [2.75, 3.05) is 12.4 Å². The van der Waals surface area contributed by atoms with Crippen LogP contribution in [0.15, 0.2) is 65.2 Å². The van der Waals surface area contributed by atoms with Crippen LogP contribution in [-0.2, 0) is 6.61 Å². The van der Waals surface area contributed by atoms with Crippen LogP contribution in [0.25, 0.3) is 0 Å². The van der Waals surface area contributed by atoms with Gasteiger partial charge >= 0.3 is 0 Å². The number of anilines is 1. The van der Waals surface area contributed by atoms with Gasteiger partial charge in [-0.05, 0) is 75.3 Å². The molecule has 2 aliphatic rings. The third kappa shape index (κ3) is 4.22. The molecule has 0 spiro atoms. The Kier molecular flexibility index (Phi) is 6.06. The first-order valence-electron chi connectivity index (χ1n) is 10.6. The second kappa shape index (κ2) is 8.99. The number of nitrogens with one attached hydrogen (secondary N) is 1. The van der Waals surface area contributed by atoms with Crippen LogP contribution in [-0.4, -0.2) is 7.11 Å². The summed E-state index contributed by atoms with van der Waals surface area (Å²) in [5.74, 6) is 0.0998. The van der Waals surface area contributed by atoms with E-state index >= 15 is 0 Å². The Balaban J connectivity index is 1.47. The summed E-state index contributed by atoms with van der Waals surface area (Å²) in [7, 11) is 1.59. The topological polar surface area (TPSA) is 30.5 Å². The first kappa shape index (κ1) is 22.2. The Hall–Kier alpha value is -2.57. The highest BCUT2D eigenvalue weighted by Gasteiger charge is 2.39. The summed E-state index contributed by atoms with van der Waals surface area (Å²) in [5.41, 5.74) is 2.93. The minimum Gasteiger partial charge on any atom is -0.493 e. The van der Waals surface area contributed by atoms with Crippen LogP contribution < -0.4 is 14.8 Å². The van der Waals surface area contributed by atoms with Gasteiger partial charge in [-0.2, -0.15) is 0 Å². The molecule has 3 aromatic rings. The fourth-order valence-electron chi connectivity index (χ4n) is 4.75. The van der Waals surface area contributed by atoms with Crippen LogP contribution in [0.4, 0.5) is 14.5 Å². The molecule has 5 rings (SSSR count). The van der Waals surface area contributed by atoms with E-state index in [0.717, 1.165) is 28.1 Å². The lowest BCUT2D eigenvalue weighted by Gasteiger charge is -2.38. The maximum atomic E-state index is 14.7. The predicted octanol–water partition coefficient (Wildman–Crippen LogP) is 7.79. The average molecular weight is 533 g/mol. The summed E-state index contributed by atoms with van der Waals surface area (Å²) in [6, 6.07) is 13.5. The summed E-state index contributed by atoms with van der Waals surface area (Å²) >= 11 is 9.59. The first-order chi connectivity index (χ1) is 15.9. The summed E-state index contributed by atoms with van der Waals surface area (Å²) in [4.78, 5) is 0. The molecule has 7 heteroatoms. The van der Waals surface area contributed by atoms with E-state index in [2.05, 4.69) is 27.3 Å². The third-order valence-electron chi connectivity index (χ3n) is 6.29. The van der Waals surface area contributed by atoms with Crippen LogP contribution in [0, 0.1) is 17.6 Å². The molecular weight excluding hydrogens is 512 g/mol. The summed E-state index contributed by atoms with van der Waals surface area (Å²) < 4.78 is 41.0. The van der Waals surface area contributed by atoms with E-state index in [1.54, 1.807) is 7.11 Å². The molecule has 3 aromatic carbocycles. The van der Waals surface area contributed by atoms with Gasteiger partial charge in [-0.15, -0.1) is 0 Å². The third-order valence-corrected chi connectivity index (χ3v) is 7.13. The number of fused-ring (bicyclic) bond motifs is 3. The molecule has 0 saturated carbocycles. The Bertz CT molecular complexity index is 1230. The van der Waals surface area contributed by atoms with E-state index in [0.29, 0.717) is 34.4 Å². The average Bonchev–Trinajstić information content (AvgIpc) is 3.29. The van der Waals surface area contributed by atoms with Crippen LogP contribution in [0.2, 0.25) is 5.02 Å². The molecule has 0 aromatic heterocycles. The van der Waals surface area contributed by atoms with E-state index in [-0.39, 0.29) is 17.9 Å². The lowest BCUT2D eigenvalue weighted by atomic mass is 9.77. The Morgan fingerprint density at radius 2 is 1.91 bits per heavy atom. The van der Waals surface area contributed by atoms with Gasteiger partial charge in [0, 0.05) is 17.0 Å². The molecule has 0 bridgehead atoms. The van der Waals surface area contributed by atoms with Crippen molar-refractivity contribution in [2.45, 2.75) is 25.0 Å². The Morgan fingerprint density at radius 3 is 2.67 bits per heavy atom. The van der Waals surface area contributed by atoms with E-state index in [1.165, 1.54) is 6.07 Å². The van der Waals surface area contributed by atoms with Gasteiger partial charge in [0.05, 0.1) is 23.3 Å². The second-order valence-electron chi connectivity index (χ2n) is 8.28. The molecule has 1 aliphatic heterocycles. The van der Waals surface area contributed by atoms with Crippen molar-refractivity contribution in [1.29, 1.82) is 0 Å². The molecular formula is C26H21BrClF2NO2. The molecule has 1 heterocycles. The standard InChI is InChI=1S/C26H21BrClF2NO2/c1-32-23-10-15(9-21(27)26(23)33-13-14-5-7-16(28)8-6-14)24-19-4-2-3-18(19)20-11-17(29)12-22(30)25(20)31-24/h2-3,5-12,18-19,24,31H,4,13H2,1H3. The van der Waals surface area contributed by atoms with Crippen molar-refractivity contribution in [2.24, 2.45) is 5.92 Å². The van der Waals surface area contributed by atoms with Gasteiger partial charge in [0.1, 0.15) is 18.2 Å². The molecule has 0 fully saturated rings. The van der Waals surface area contributed by atoms with Crippen molar-refractivity contribution >= 4 is 33.2 Å². The molecule has 0 saturated heterocycles. The van der Waals surface area contributed by atoms with E-state index < -0.39 is 11.6 Å². The number of benzene rings is 3. The lowest BCUT2D eigenvalue weighted by Crippen LogP contribution is -2.30. The second-order valence-corrected chi connectivity index (χ2v) is 9.57. The molecule has 170 valence electrons. The van der Waals surface area contributed by atoms with Gasteiger partial charge in [0.15, 0.2) is 11.5 Å². The first-order valence-corrected chi connectivity index (χ1v) is 11.8. The highest BCUT2D eigenvalue weighted by Crippen LogP contribution is 2.52. The van der Waals surface area contributed by atoms with Crippen LogP contribution >= 0.6 is 27.5 Å². The summed E-state index contributed by atoms with van der Waals surface area (Å²) in [5, 5.41) is 4.00. The molecule has 1 N–H and O–H groups in total. The van der Waals surface area contributed by atoms with Gasteiger partial charge < -0.3 is 14.8 Å². The van der Waals surface area contributed by atoms with Crippen LogP contribution in [0.1, 0.15) is 35.1 Å². The van der Waals surface area contributed by atoms with Gasteiger partial charge in [0.2, 0.25) is 0 Å². The Morgan fingerprint density at radius 1 is 1.12 bits per heavy atom. The van der Waals surface area contributed by atoms with Crippen molar-refractivity contribution in [3.63, 3.8) is 0 Å². The maximum absolute atomic E-state index is 14.7. The van der Waals surface area contributed by atoms with Crippen LogP contribution in [0.3, 0.4) is 0 Å². The van der Waals surface area contributed by atoms with Gasteiger partial charge in [0.25, 0.3) is 0 Å². The number of methoxy groups -OCH3 is 1. The normalized spacial score (nSPS) is 20.7. The molecule has 0 radical (unpaired) electrons. The summed E-state index contributed by atoms with van der Waals surface area (Å²) in [6.07, 6.45) is 4.94. The van der Waals surface area contributed by atoms with E-state index in [4.69, 9.17) is 21.1 Å². The zero-order valence-corrected chi connectivity index (χ0v) is 20.1. The number of ether oxygens (including phenoxy) is 2. The highest BCUT2D eigenvalue weighted by atomic mass is 79.9. The largest absolute Gasteiger partial charge is 0.493 e. The quantitative estimate of drug-likeness (QED) is 0.340. The molecule has 1 aliphatic carbocycles. The zero-order valence-electron chi connectivity index (χ0n) is 17.7. The van der Waals surface area contributed by atoms with Gasteiger partial charge in [-0.1, -0.05) is 35.9 Å². The molecule has 33 heavy (non-hydrogen) atoms. The number of hydrogen-bond acceptors (Lipinski definition) is 3. The molecule has 3 atom stereocenters. The van der Waals surface area contributed by atoms with Crippen molar-refractivity contribution in [3.05, 3.63) is 98.5 Å². The van der Waals surface area contributed by atoms with Crippen molar-refractivity contribution in [3.8, 4) is 11.5 Å². The highest BCUT2D eigenvalue weighted by molar-refractivity contribution is 9.10.